The Bertz CT molecular complexity index is 808. The molecule has 0 amide bonds. The number of hydrogen-bond donors (Lipinski definition) is 2. The van der Waals surface area contributed by atoms with Crippen LogP contribution in [0.25, 0.3) is 11.1 Å². The Morgan fingerprint density at radius 1 is 0.815 bits per heavy atom. The highest BCUT2D eigenvalue weighted by molar-refractivity contribution is 7.95. The molecule has 0 heterocycles. The lowest BCUT2D eigenvalue weighted by molar-refractivity contribution is 0.475. The Morgan fingerprint density at radius 3 is 2.07 bits per heavy atom. The largest absolute Gasteiger partial charge is 0.508 e. The first-order valence-corrected chi connectivity index (χ1v) is 10.4. The monoisotopic (exact) mass is 397 g/mol. The lowest BCUT2D eigenvalue weighted by atomic mass is 10.1. The van der Waals surface area contributed by atoms with Crippen LogP contribution in [0, 0.1) is 0 Å². The first-order chi connectivity index (χ1) is 13.3. The first kappa shape index (κ1) is 19.5. The summed E-state index contributed by atoms with van der Waals surface area (Å²) in [5.74, 6) is 2.79. The molecule has 140 valence electrons. The summed E-state index contributed by atoms with van der Waals surface area (Å²) in [4.78, 5) is 2.32. The number of rotatable bonds is 9. The molecule has 0 aliphatic carbocycles. The second-order valence-electron chi connectivity index (χ2n) is 6.02. The number of nitrogens with zero attached hydrogens (tertiary/aromatic N) is 1. The smallest absolute Gasteiger partial charge is 0.137 e. The summed E-state index contributed by atoms with van der Waals surface area (Å²) >= 11 is 5.82. The lowest BCUT2D eigenvalue weighted by Gasteiger charge is -2.23. The van der Waals surface area contributed by atoms with Gasteiger partial charge in [0, 0.05) is 30.3 Å². The van der Waals surface area contributed by atoms with Gasteiger partial charge in [-0.25, -0.2) is 0 Å². The number of hydrogen-bond acceptors (Lipinski definition) is 5. The molecule has 0 aliphatic heterocycles. The van der Waals surface area contributed by atoms with E-state index < -0.39 is 0 Å². The Labute approximate surface area is 170 Å². The molecule has 0 aliphatic rings. The van der Waals surface area contributed by atoms with Crippen molar-refractivity contribution in [3.05, 3.63) is 78.9 Å². The van der Waals surface area contributed by atoms with Crippen LogP contribution in [0.1, 0.15) is 0 Å². The quantitative estimate of drug-likeness (QED) is 0.283. The van der Waals surface area contributed by atoms with Crippen molar-refractivity contribution in [1.82, 2.24) is 0 Å². The maximum Gasteiger partial charge on any atom is 0.137 e. The van der Waals surface area contributed by atoms with Crippen LogP contribution in [0.15, 0.2) is 78.9 Å². The Hall–Kier alpha value is -2.24. The first-order valence-electron chi connectivity index (χ1n) is 8.86. The van der Waals surface area contributed by atoms with Gasteiger partial charge < -0.3 is 14.2 Å². The predicted octanol–water partition coefficient (Wildman–Crippen LogP) is 5.52. The second kappa shape index (κ2) is 10.2. The molecule has 3 rings (SSSR count). The molecule has 0 spiro atoms. The van der Waals surface area contributed by atoms with Gasteiger partial charge in [-0.1, -0.05) is 42.5 Å². The highest BCUT2D eigenvalue weighted by Crippen LogP contribution is 2.25. The fraction of sp³-hybridized carbons (Fsp3) is 0.182. The molecule has 0 fully saturated rings. The number of aromatic hydroxyl groups is 1. The van der Waals surface area contributed by atoms with Crippen LogP contribution in [0.5, 0.6) is 11.5 Å². The topological polar surface area (TPSA) is 32.7 Å². The molecular formula is C22H23NO2S2. The Kier molecular flexibility index (Phi) is 7.36. The van der Waals surface area contributed by atoms with Gasteiger partial charge in [-0.2, -0.15) is 12.6 Å². The zero-order chi connectivity index (χ0) is 18.9. The van der Waals surface area contributed by atoms with Gasteiger partial charge in [0.2, 0.25) is 0 Å². The summed E-state index contributed by atoms with van der Waals surface area (Å²) in [6.07, 6.45) is 0. The van der Waals surface area contributed by atoms with Crippen molar-refractivity contribution in [2.45, 2.75) is 0 Å². The van der Waals surface area contributed by atoms with Crippen molar-refractivity contribution in [1.29, 1.82) is 0 Å². The van der Waals surface area contributed by atoms with E-state index in [4.69, 9.17) is 4.18 Å². The highest BCUT2D eigenvalue weighted by Gasteiger charge is 2.06. The zero-order valence-corrected chi connectivity index (χ0v) is 16.7. The molecule has 0 saturated heterocycles. The summed E-state index contributed by atoms with van der Waals surface area (Å²) < 4.78 is 5.81. The summed E-state index contributed by atoms with van der Waals surface area (Å²) in [5.41, 5.74) is 3.37. The van der Waals surface area contributed by atoms with Gasteiger partial charge in [0.25, 0.3) is 0 Å². The third kappa shape index (κ3) is 5.88. The second-order valence-corrected chi connectivity index (χ2v) is 7.28. The van der Waals surface area contributed by atoms with Gasteiger partial charge in [0.15, 0.2) is 0 Å². The molecule has 1 N–H and O–H groups in total. The maximum atomic E-state index is 9.38. The number of benzene rings is 3. The SMILES string of the molecule is Oc1ccc(-c2ccc(OSCCN(CCS)c3ccccc3)cc2)cc1. The van der Waals surface area contributed by atoms with E-state index >= 15 is 0 Å². The van der Waals surface area contributed by atoms with E-state index in [-0.39, 0.29) is 5.75 Å². The van der Waals surface area contributed by atoms with Crippen molar-refractivity contribution in [3.8, 4) is 22.6 Å². The number of thiol groups is 1. The summed E-state index contributed by atoms with van der Waals surface area (Å²) in [6, 6.07) is 25.6. The summed E-state index contributed by atoms with van der Waals surface area (Å²) in [5, 5.41) is 9.38. The maximum absolute atomic E-state index is 9.38. The van der Waals surface area contributed by atoms with E-state index in [2.05, 4.69) is 41.8 Å². The average Bonchev–Trinajstić information content (AvgIpc) is 2.72. The highest BCUT2D eigenvalue weighted by atomic mass is 32.2. The predicted molar refractivity (Wildman–Crippen MR) is 119 cm³/mol. The van der Waals surface area contributed by atoms with Crippen molar-refractivity contribution >= 4 is 30.4 Å². The van der Waals surface area contributed by atoms with Crippen LogP contribution >= 0.6 is 24.7 Å². The van der Waals surface area contributed by atoms with Gasteiger partial charge in [-0.3, -0.25) is 0 Å². The number of phenolic OH excluding ortho intramolecular Hbond substituents is 1. The third-order valence-electron chi connectivity index (χ3n) is 4.15. The van der Waals surface area contributed by atoms with E-state index in [0.717, 1.165) is 41.5 Å². The molecule has 5 heteroatoms. The Balaban J connectivity index is 1.49. The molecule has 0 aromatic heterocycles. The average molecular weight is 398 g/mol. The minimum absolute atomic E-state index is 0.276. The molecule has 0 unspecified atom stereocenters. The van der Waals surface area contributed by atoms with Crippen LogP contribution in [-0.2, 0) is 0 Å². The molecule has 0 atom stereocenters. The van der Waals surface area contributed by atoms with E-state index in [1.165, 1.54) is 17.7 Å². The lowest BCUT2D eigenvalue weighted by Crippen LogP contribution is -2.28. The summed E-state index contributed by atoms with van der Waals surface area (Å²) in [6.45, 7) is 1.82. The minimum Gasteiger partial charge on any atom is -0.508 e. The number of phenols is 1. The van der Waals surface area contributed by atoms with Crippen molar-refractivity contribution in [2.75, 3.05) is 29.5 Å². The van der Waals surface area contributed by atoms with E-state index in [0.29, 0.717) is 0 Å². The molecule has 3 aromatic rings. The Morgan fingerprint density at radius 2 is 1.44 bits per heavy atom. The summed E-state index contributed by atoms with van der Waals surface area (Å²) in [7, 11) is 0. The molecule has 3 nitrogen and oxygen atoms in total. The van der Waals surface area contributed by atoms with Crippen LogP contribution in [0.4, 0.5) is 5.69 Å². The molecule has 0 bridgehead atoms. The number of anilines is 1. The van der Waals surface area contributed by atoms with Crippen LogP contribution in [-0.4, -0.2) is 29.7 Å². The number of para-hydroxylation sites is 1. The van der Waals surface area contributed by atoms with Crippen LogP contribution < -0.4 is 9.08 Å². The van der Waals surface area contributed by atoms with Gasteiger partial charge in [-0.05, 0) is 47.5 Å². The minimum atomic E-state index is 0.276. The fourth-order valence-electron chi connectivity index (χ4n) is 2.74. The zero-order valence-electron chi connectivity index (χ0n) is 15.0. The van der Waals surface area contributed by atoms with E-state index in [9.17, 15) is 5.11 Å². The van der Waals surface area contributed by atoms with Gasteiger partial charge in [0.1, 0.15) is 11.5 Å². The van der Waals surface area contributed by atoms with Crippen LogP contribution in [0.3, 0.4) is 0 Å². The fourth-order valence-corrected chi connectivity index (χ4v) is 3.61. The molecule has 0 radical (unpaired) electrons. The van der Waals surface area contributed by atoms with Gasteiger partial charge in [-0.15, -0.1) is 0 Å². The van der Waals surface area contributed by atoms with Gasteiger partial charge >= 0.3 is 0 Å². The standard InChI is InChI=1S/C22H23NO2S2/c24-21-10-6-18(7-11-21)19-8-12-22(13-9-19)25-27-17-15-23(14-16-26)20-4-2-1-3-5-20/h1-13,24,26H,14-17H2. The van der Waals surface area contributed by atoms with Crippen molar-refractivity contribution in [3.63, 3.8) is 0 Å². The van der Waals surface area contributed by atoms with Crippen molar-refractivity contribution in [2.24, 2.45) is 0 Å². The third-order valence-corrected chi connectivity index (χ3v) is 5.01. The van der Waals surface area contributed by atoms with E-state index in [1.807, 2.05) is 42.5 Å². The van der Waals surface area contributed by atoms with Crippen molar-refractivity contribution < 1.29 is 9.29 Å². The van der Waals surface area contributed by atoms with Crippen LogP contribution in [0.2, 0.25) is 0 Å². The van der Waals surface area contributed by atoms with Gasteiger partial charge in [0.05, 0.1) is 12.0 Å². The molecule has 0 saturated carbocycles. The molecule has 3 aromatic carbocycles. The molecular weight excluding hydrogens is 374 g/mol. The molecule has 27 heavy (non-hydrogen) atoms. The normalized spacial score (nSPS) is 10.6. The van der Waals surface area contributed by atoms with E-state index in [1.54, 1.807) is 12.1 Å².